The second kappa shape index (κ2) is 8.15. The summed E-state index contributed by atoms with van der Waals surface area (Å²) in [4.78, 5) is 0. The van der Waals surface area contributed by atoms with Gasteiger partial charge in [-0.25, -0.2) is 0 Å². The van der Waals surface area contributed by atoms with Crippen molar-refractivity contribution in [2.75, 3.05) is 19.7 Å². The summed E-state index contributed by atoms with van der Waals surface area (Å²) in [7, 11) is 0. The Morgan fingerprint density at radius 1 is 1.11 bits per heavy atom. The maximum absolute atomic E-state index is 5.80. The minimum atomic E-state index is 0.347. The molecule has 0 aliphatic rings. The van der Waals surface area contributed by atoms with Crippen LogP contribution in [0.4, 0.5) is 0 Å². The number of para-hydroxylation sites is 1. The van der Waals surface area contributed by atoms with Crippen molar-refractivity contribution in [3.8, 4) is 5.75 Å². The Bertz CT molecular complexity index is 312. The second-order valence-electron chi connectivity index (χ2n) is 5.25. The van der Waals surface area contributed by atoms with E-state index in [0.717, 1.165) is 31.9 Å². The van der Waals surface area contributed by atoms with Gasteiger partial charge in [-0.15, -0.1) is 0 Å². The first-order chi connectivity index (χ1) is 8.70. The largest absolute Gasteiger partial charge is 0.494 e. The number of benzene rings is 1. The number of hydrogen-bond donors (Lipinski definition) is 1. The summed E-state index contributed by atoms with van der Waals surface area (Å²) in [5, 5.41) is 3.47. The van der Waals surface area contributed by atoms with Crippen molar-refractivity contribution >= 4 is 0 Å². The van der Waals surface area contributed by atoms with Crippen molar-refractivity contribution in [3.05, 3.63) is 30.3 Å². The van der Waals surface area contributed by atoms with Gasteiger partial charge in [0.2, 0.25) is 0 Å². The summed E-state index contributed by atoms with van der Waals surface area (Å²) in [6.45, 7) is 9.68. The molecule has 1 rings (SSSR count). The van der Waals surface area contributed by atoms with E-state index in [9.17, 15) is 0 Å². The summed E-state index contributed by atoms with van der Waals surface area (Å²) in [6.07, 6.45) is 3.58. The van der Waals surface area contributed by atoms with Crippen molar-refractivity contribution < 1.29 is 4.74 Å². The van der Waals surface area contributed by atoms with Crippen LogP contribution in [0.2, 0.25) is 0 Å². The third kappa shape index (κ3) is 5.54. The Morgan fingerprint density at radius 3 is 2.44 bits per heavy atom. The highest BCUT2D eigenvalue weighted by molar-refractivity contribution is 5.20. The van der Waals surface area contributed by atoms with E-state index in [1.54, 1.807) is 0 Å². The van der Waals surface area contributed by atoms with Crippen molar-refractivity contribution in [3.63, 3.8) is 0 Å². The van der Waals surface area contributed by atoms with E-state index in [0.29, 0.717) is 5.41 Å². The van der Waals surface area contributed by atoms with E-state index < -0.39 is 0 Å². The van der Waals surface area contributed by atoms with Crippen LogP contribution in [0.1, 0.15) is 40.0 Å². The number of hydrogen-bond acceptors (Lipinski definition) is 2. The normalized spacial score (nSPS) is 14.2. The van der Waals surface area contributed by atoms with Crippen LogP contribution >= 0.6 is 0 Å². The number of rotatable bonds is 9. The van der Waals surface area contributed by atoms with Crippen LogP contribution in [0.25, 0.3) is 0 Å². The van der Waals surface area contributed by atoms with Gasteiger partial charge in [-0.3, -0.25) is 0 Å². The molecular weight excluding hydrogens is 222 g/mol. The van der Waals surface area contributed by atoms with Crippen LogP contribution in [0.5, 0.6) is 5.75 Å². The van der Waals surface area contributed by atoms with Gasteiger partial charge in [-0.1, -0.05) is 45.4 Å². The van der Waals surface area contributed by atoms with E-state index >= 15 is 0 Å². The molecule has 0 amide bonds. The third-order valence-corrected chi connectivity index (χ3v) is 3.37. The van der Waals surface area contributed by atoms with Crippen molar-refractivity contribution in [2.24, 2.45) is 5.41 Å². The maximum Gasteiger partial charge on any atom is 0.119 e. The summed E-state index contributed by atoms with van der Waals surface area (Å²) >= 11 is 0. The van der Waals surface area contributed by atoms with Crippen LogP contribution in [-0.4, -0.2) is 19.7 Å². The highest BCUT2D eigenvalue weighted by atomic mass is 16.5. The standard InChI is InChI=1S/C16H27NO/c1-4-11-16(3,14-17-5-2)12-13-18-15-9-7-6-8-10-15/h6-10,17H,4-5,11-14H2,1-3H3. The molecule has 1 aromatic rings. The van der Waals surface area contributed by atoms with Gasteiger partial charge in [0.25, 0.3) is 0 Å². The molecule has 1 unspecified atom stereocenters. The summed E-state index contributed by atoms with van der Waals surface area (Å²) in [6, 6.07) is 10.1. The zero-order valence-corrected chi connectivity index (χ0v) is 12.0. The van der Waals surface area contributed by atoms with Gasteiger partial charge in [0.05, 0.1) is 6.61 Å². The Labute approximate surface area is 112 Å². The van der Waals surface area contributed by atoms with Crippen LogP contribution in [0.3, 0.4) is 0 Å². The average Bonchev–Trinajstić information content (AvgIpc) is 2.38. The predicted octanol–water partition coefficient (Wildman–Crippen LogP) is 3.87. The van der Waals surface area contributed by atoms with E-state index in [2.05, 4.69) is 26.1 Å². The molecule has 0 saturated heterocycles. The zero-order valence-electron chi connectivity index (χ0n) is 12.0. The first-order valence-electron chi connectivity index (χ1n) is 7.09. The van der Waals surface area contributed by atoms with Crippen LogP contribution < -0.4 is 10.1 Å². The van der Waals surface area contributed by atoms with Gasteiger partial charge in [0, 0.05) is 6.54 Å². The molecule has 0 saturated carbocycles. The Morgan fingerprint density at radius 2 is 1.83 bits per heavy atom. The number of ether oxygens (including phenoxy) is 1. The lowest BCUT2D eigenvalue weighted by Gasteiger charge is -2.29. The monoisotopic (exact) mass is 249 g/mol. The Kier molecular flexibility index (Phi) is 6.81. The van der Waals surface area contributed by atoms with Gasteiger partial charge < -0.3 is 10.1 Å². The van der Waals surface area contributed by atoms with Gasteiger partial charge >= 0.3 is 0 Å². The average molecular weight is 249 g/mol. The molecule has 102 valence electrons. The quantitative estimate of drug-likeness (QED) is 0.717. The highest BCUT2D eigenvalue weighted by Crippen LogP contribution is 2.27. The zero-order chi connectivity index (χ0) is 13.3. The van der Waals surface area contributed by atoms with E-state index in [4.69, 9.17) is 4.74 Å². The minimum Gasteiger partial charge on any atom is -0.494 e. The maximum atomic E-state index is 5.80. The Balaban J connectivity index is 2.37. The fourth-order valence-corrected chi connectivity index (χ4v) is 2.26. The molecule has 1 aromatic carbocycles. The van der Waals surface area contributed by atoms with Gasteiger partial charge in [-0.2, -0.15) is 0 Å². The fourth-order valence-electron chi connectivity index (χ4n) is 2.26. The second-order valence-corrected chi connectivity index (χ2v) is 5.25. The van der Waals surface area contributed by atoms with Crippen LogP contribution in [0.15, 0.2) is 30.3 Å². The molecule has 0 aromatic heterocycles. The lowest BCUT2D eigenvalue weighted by atomic mass is 9.82. The molecule has 0 radical (unpaired) electrons. The molecule has 0 bridgehead atoms. The summed E-state index contributed by atoms with van der Waals surface area (Å²) < 4.78 is 5.80. The molecule has 0 spiro atoms. The van der Waals surface area contributed by atoms with Gasteiger partial charge in [-0.05, 0) is 36.9 Å². The molecule has 0 aliphatic carbocycles. The molecule has 18 heavy (non-hydrogen) atoms. The molecule has 0 aliphatic heterocycles. The Hall–Kier alpha value is -1.02. The first-order valence-corrected chi connectivity index (χ1v) is 7.09. The summed E-state index contributed by atoms with van der Waals surface area (Å²) in [5.41, 5.74) is 0.347. The highest BCUT2D eigenvalue weighted by Gasteiger charge is 2.22. The topological polar surface area (TPSA) is 21.3 Å². The molecule has 2 nitrogen and oxygen atoms in total. The molecule has 0 heterocycles. The molecule has 0 fully saturated rings. The van der Waals surface area contributed by atoms with Crippen LogP contribution in [0, 0.1) is 5.41 Å². The van der Waals surface area contributed by atoms with Crippen LogP contribution in [-0.2, 0) is 0 Å². The lowest BCUT2D eigenvalue weighted by molar-refractivity contribution is 0.193. The third-order valence-electron chi connectivity index (χ3n) is 3.37. The first kappa shape index (κ1) is 15.0. The van der Waals surface area contributed by atoms with Gasteiger partial charge in [0.15, 0.2) is 0 Å². The van der Waals surface area contributed by atoms with E-state index in [1.807, 2.05) is 30.3 Å². The molecule has 2 heteroatoms. The molecule has 1 N–H and O–H groups in total. The lowest BCUT2D eigenvalue weighted by Crippen LogP contribution is -2.33. The van der Waals surface area contributed by atoms with Gasteiger partial charge in [0.1, 0.15) is 5.75 Å². The summed E-state index contributed by atoms with van der Waals surface area (Å²) in [5.74, 6) is 0.972. The SMILES string of the molecule is CCCC(C)(CCOc1ccccc1)CNCC. The molecular formula is C16H27NO. The smallest absolute Gasteiger partial charge is 0.119 e. The van der Waals surface area contributed by atoms with Crippen molar-refractivity contribution in [2.45, 2.75) is 40.0 Å². The predicted molar refractivity (Wildman–Crippen MR) is 78.1 cm³/mol. The van der Waals surface area contributed by atoms with Crippen molar-refractivity contribution in [1.29, 1.82) is 0 Å². The fraction of sp³-hybridized carbons (Fsp3) is 0.625. The van der Waals surface area contributed by atoms with E-state index in [-0.39, 0.29) is 0 Å². The number of nitrogens with one attached hydrogen (secondary N) is 1. The molecule has 1 atom stereocenters. The minimum absolute atomic E-state index is 0.347. The van der Waals surface area contributed by atoms with Crippen molar-refractivity contribution in [1.82, 2.24) is 5.32 Å². The van der Waals surface area contributed by atoms with E-state index in [1.165, 1.54) is 12.8 Å².